The third-order valence-electron chi connectivity index (χ3n) is 1.63. The van der Waals surface area contributed by atoms with Gasteiger partial charge in [0.1, 0.15) is 5.75 Å². The van der Waals surface area contributed by atoms with Gasteiger partial charge in [-0.2, -0.15) is 0 Å². The molecule has 0 saturated carbocycles. The minimum Gasteiger partial charge on any atom is -0.400 e. The molecule has 74 valence electrons. The van der Waals surface area contributed by atoms with Crippen molar-refractivity contribution in [1.82, 2.24) is 4.98 Å². The van der Waals surface area contributed by atoms with Crippen molar-refractivity contribution < 1.29 is 8.74 Å². The van der Waals surface area contributed by atoms with E-state index >= 15 is 0 Å². The normalized spacial score (nSPS) is 13.0. The van der Waals surface area contributed by atoms with Crippen molar-refractivity contribution in [2.75, 3.05) is 0 Å². The average molecular weight is 245 g/mol. The van der Waals surface area contributed by atoms with Crippen molar-refractivity contribution in [2.24, 2.45) is 0 Å². The van der Waals surface area contributed by atoms with Gasteiger partial charge >= 0.3 is 0 Å². The summed E-state index contributed by atoms with van der Waals surface area (Å²) < 4.78 is 15.0. The Labute approximate surface area is 92.4 Å². The number of fused-ring (bicyclic) bond motifs is 1. The third-order valence-corrected chi connectivity index (χ3v) is 3.12. The van der Waals surface area contributed by atoms with Crippen LogP contribution in [0.1, 0.15) is 5.01 Å². The molecule has 1 aromatic carbocycles. The van der Waals surface area contributed by atoms with Gasteiger partial charge < -0.3 is 4.18 Å². The maximum absolute atomic E-state index is 8.89. The van der Waals surface area contributed by atoms with E-state index in [-0.39, 0.29) is 0 Å². The number of benzene rings is 1. The molecule has 1 unspecified atom stereocenters. The van der Waals surface area contributed by atoms with Gasteiger partial charge in [-0.15, -0.1) is 11.3 Å². The fourth-order valence-electron chi connectivity index (χ4n) is 1.16. The SMILES string of the molecule is Cc1nc2cc(OS(O)=S)ccc2s1. The smallest absolute Gasteiger partial charge is 0.201 e. The molecule has 0 bridgehead atoms. The third kappa shape index (κ3) is 2.09. The molecular formula is C8H7NO2S3. The van der Waals surface area contributed by atoms with Crippen LogP contribution in [0.5, 0.6) is 5.75 Å². The Hall–Kier alpha value is -0.560. The quantitative estimate of drug-likeness (QED) is 0.882. The van der Waals surface area contributed by atoms with Crippen LogP contribution in [0.3, 0.4) is 0 Å². The van der Waals surface area contributed by atoms with Gasteiger partial charge in [0.15, 0.2) is 0 Å². The zero-order valence-corrected chi connectivity index (χ0v) is 9.71. The van der Waals surface area contributed by atoms with Gasteiger partial charge in [0.25, 0.3) is 0 Å². The molecule has 2 aromatic rings. The van der Waals surface area contributed by atoms with Crippen LogP contribution in [0.4, 0.5) is 0 Å². The average Bonchev–Trinajstić information content (AvgIpc) is 2.42. The minimum atomic E-state index is -1.44. The molecule has 1 N–H and O–H groups in total. The van der Waals surface area contributed by atoms with Crippen LogP contribution in [-0.4, -0.2) is 9.54 Å². The Kier molecular flexibility index (Phi) is 2.78. The summed E-state index contributed by atoms with van der Waals surface area (Å²) in [6.45, 7) is 1.95. The van der Waals surface area contributed by atoms with Gasteiger partial charge in [-0.25, -0.2) is 4.98 Å². The monoisotopic (exact) mass is 245 g/mol. The Morgan fingerprint density at radius 3 is 3.07 bits per heavy atom. The van der Waals surface area contributed by atoms with Crippen molar-refractivity contribution in [2.45, 2.75) is 6.92 Å². The van der Waals surface area contributed by atoms with Crippen LogP contribution in [0.25, 0.3) is 10.2 Å². The summed E-state index contributed by atoms with van der Waals surface area (Å²) in [6, 6.07) is 5.47. The number of hydrogen-bond donors (Lipinski definition) is 1. The first-order chi connectivity index (χ1) is 6.65. The molecule has 1 heterocycles. The van der Waals surface area contributed by atoms with Crippen LogP contribution in [0.2, 0.25) is 0 Å². The molecule has 14 heavy (non-hydrogen) atoms. The predicted octanol–water partition coefficient (Wildman–Crippen LogP) is 2.45. The highest BCUT2D eigenvalue weighted by molar-refractivity contribution is 8.23. The second kappa shape index (κ2) is 3.90. The van der Waals surface area contributed by atoms with Crippen molar-refractivity contribution >= 4 is 42.8 Å². The predicted molar refractivity (Wildman–Crippen MR) is 62.3 cm³/mol. The molecule has 0 fully saturated rings. The van der Waals surface area contributed by atoms with Gasteiger partial charge in [0.2, 0.25) is 10.0 Å². The van der Waals surface area contributed by atoms with Crippen molar-refractivity contribution in [1.29, 1.82) is 0 Å². The van der Waals surface area contributed by atoms with Crippen LogP contribution in [0.15, 0.2) is 18.2 Å². The molecule has 6 heteroatoms. The molecule has 1 atom stereocenters. The minimum absolute atomic E-state index is 0.559. The first-order valence-electron chi connectivity index (χ1n) is 3.81. The lowest BCUT2D eigenvalue weighted by atomic mass is 10.3. The summed E-state index contributed by atoms with van der Waals surface area (Å²) in [4.78, 5) is 4.31. The Morgan fingerprint density at radius 1 is 1.57 bits per heavy atom. The van der Waals surface area contributed by atoms with Crippen molar-refractivity contribution in [3.05, 3.63) is 23.2 Å². The Bertz CT molecular complexity index is 494. The number of rotatable bonds is 2. The fourth-order valence-corrected chi connectivity index (χ4v) is 2.47. The van der Waals surface area contributed by atoms with Gasteiger partial charge in [-0.3, -0.25) is 4.55 Å². The van der Waals surface area contributed by atoms with E-state index in [4.69, 9.17) is 8.74 Å². The highest BCUT2D eigenvalue weighted by atomic mass is 32.8. The standard InChI is InChI=1S/C8H7NO2S3/c1-5-9-7-4-6(11-14(10)12)2-3-8(7)13-5/h2-4H,1H3,(H,10,12). The summed E-state index contributed by atoms with van der Waals surface area (Å²) in [5.74, 6) is 0.559. The molecule has 0 saturated heterocycles. The lowest BCUT2D eigenvalue weighted by Crippen LogP contribution is -1.95. The Balaban J connectivity index is 2.45. The number of thiazole rings is 1. The van der Waals surface area contributed by atoms with E-state index < -0.39 is 10.0 Å². The molecule has 0 spiro atoms. The van der Waals surface area contributed by atoms with Gasteiger partial charge in [0.05, 0.1) is 15.2 Å². The highest BCUT2D eigenvalue weighted by Crippen LogP contribution is 2.25. The highest BCUT2D eigenvalue weighted by Gasteiger charge is 2.02. The van der Waals surface area contributed by atoms with E-state index in [0.717, 1.165) is 15.2 Å². The van der Waals surface area contributed by atoms with Crippen molar-refractivity contribution in [3.63, 3.8) is 0 Å². The molecule has 0 aliphatic rings. The largest absolute Gasteiger partial charge is 0.400 e. The first-order valence-corrected chi connectivity index (χ1v) is 6.66. The Morgan fingerprint density at radius 2 is 2.36 bits per heavy atom. The van der Waals surface area contributed by atoms with E-state index in [1.807, 2.05) is 13.0 Å². The fraction of sp³-hybridized carbons (Fsp3) is 0.125. The number of aromatic nitrogens is 1. The maximum Gasteiger partial charge on any atom is 0.201 e. The van der Waals surface area contributed by atoms with Crippen LogP contribution >= 0.6 is 11.3 Å². The number of hydrogen-bond acceptors (Lipinski definition) is 4. The molecule has 3 nitrogen and oxygen atoms in total. The van der Waals surface area contributed by atoms with E-state index in [1.165, 1.54) is 0 Å². The van der Waals surface area contributed by atoms with Crippen LogP contribution in [-0.2, 0) is 21.2 Å². The lowest BCUT2D eigenvalue weighted by molar-refractivity contribution is 0.530. The lowest BCUT2D eigenvalue weighted by Gasteiger charge is -2.00. The van der Waals surface area contributed by atoms with E-state index in [0.29, 0.717) is 5.75 Å². The second-order valence-corrected chi connectivity index (χ2v) is 5.35. The molecular weight excluding hydrogens is 238 g/mol. The first kappa shape index (κ1) is 9.97. The zero-order valence-electron chi connectivity index (χ0n) is 7.26. The molecule has 0 aliphatic heterocycles. The summed E-state index contributed by atoms with van der Waals surface area (Å²) in [5.41, 5.74) is 0.880. The van der Waals surface area contributed by atoms with E-state index in [9.17, 15) is 0 Å². The summed E-state index contributed by atoms with van der Waals surface area (Å²) >= 11 is 6.16. The maximum atomic E-state index is 8.89. The van der Waals surface area contributed by atoms with E-state index in [2.05, 4.69) is 16.2 Å². The van der Waals surface area contributed by atoms with Crippen molar-refractivity contribution in [3.8, 4) is 5.75 Å². The summed E-state index contributed by atoms with van der Waals surface area (Å²) in [7, 11) is -1.44. The van der Waals surface area contributed by atoms with Gasteiger partial charge in [-0.05, 0) is 19.1 Å². The van der Waals surface area contributed by atoms with E-state index in [1.54, 1.807) is 23.5 Å². The number of aryl methyl sites for hydroxylation is 1. The van der Waals surface area contributed by atoms with Crippen LogP contribution < -0.4 is 4.18 Å². The topological polar surface area (TPSA) is 42.4 Å². The summed E-state index contributed by atoms with van der Waals surface area (Å²) in [5, 5.41) is 1.01. The molecule has 0 radical (unpaired) electrons. The molecule has 2 rings (SSSR count). The summed E-state index contributed by atoms with van der Waals surface area (Å²) in [6.07, 6.45) is 0. The van der Waals surface area contributed by atoms with Gasteiger partial charge in [-0.1, -0.05) is 0 Å². The zero-order chi connectivity index (χ0) is 10.1. The second-order valence-electron chi connectivity index (χ2n) is 2.66. The molecule has 0 amide bonds. The van der Waals surface area contributed by atoms with Crippen LogP contribution in [0, 0.1) is 6.92 Å². The van der Waals surface area contributed by atoms with Gasteiger partial charge in [0, 0.05) is 17.3 Å². The molecule has 0 aliphatic carbocycles. The number of nitrogens with zero attached hydrogens (tertiary/aromatic N) is 1. The molecule has 1 aromatic heterocycles.